The summed E-state index contributed by atoms with van der Waals surface area (Å²) >= 11 is 17.5. The molecular weight excluding hydrogens is 321 g/mol. The molecule has 0 amide bonds. The summed E-state index contributed by atoms with van der Waals surface area (Å²) in [6.45, 7) is 0. The topological polar surface area (TPSA) is 29.1 Å². The molecule has 1 N–H and O–H groups in total. The van der Waals surface area contributed by atoms with Crippen LogP contribution < -0.4 is 5.32 Å². The lowest BCUT2D eigenvalue weighted by Gasteiger charge is -2.37. The van der Waals surface area contributed by atoms with Crippen molar-refractivity contribution in [2.45, 2.75) is 24.0 Å². The molecule has 19 heavy (non-hydrogen) atoms. The Kier molecular flexibility index (Phi) is 4.88. The second-order valence-electron chi connectivity index (χ2n) is 4.54. The van der Waals surface area contributed by atoms with Crippen LogP contribution in [0.2, 0.25) is 10.0 Å². The van der Waals surface area contributed by atoms with Crippen molar-refractivity contribution >= 4 is 51.2 Å². The fourth-order valence-electron chi connectivity index (χ4n) is 2.47. The summed E-state index contributed by atoms with van der Waals surface area (Å²) in [7, 11) is 0.733. The monoisotopic (exact) mass is 335 g/mol. The zero-order chi connectivity index (χ0) is 14.0. The molecule has 0 unspecified atom stereocenters. The Bertz CT molecular complexity index is 525. The summed E-state index contributed by atoms with van der Waals surface area (Å²) in [5, 5.41) is 3.97. The molecule has 1 aromatic carbocycles. The first-order valence-electron chi connectivity index (χ1n) is 6.08. The van der Waals surface area contributed by atoms with Crippen LogP contribution >= 0.6 is 35.4 Å². The van der Waals surface area contributed by atoms with Gasteiger partial charge < -0.3 is 5.32 Å². The summed E-state index contributed by atoms with van der Waals surface area (Å²) in [5.74, 6) is 0.669. The maximum absolute atomic E-state index is 12.6. The van der Waals surface area contributed by atoms with E-state index in [9.17, 15) is 4.21 Å². The number of rotatable bonds is 2. The highest BCUT2D eigenvalue weighted by molar-refractivity contribution is 7.90. The number of hydrogen-bond donors (Lipinski definition) is 1. The van der Waals surface area contributed by atoms with Crippen LogP contribution in [0.25, 0.3) is 0 Å². The van der Waals surface area contributed by atoms with Crippen molar-refractivity contribution < 1.29 is 4.21 Å². The van der Waals surface area contributed by atoms with Crippen LogP contribution in [0.15, 0.2) is 18.2 Å². The highest BCUT2D eigenvalue weighted by Gasteiger charge is 2.44. The predicted octanol–water partition coefficient (Wildman–Crippen LogP) is 3.67. The third-order valence-corrected chi connectivity index (χ3v) is 6.98. The maximum atomic E-state index is 12.6. The smallest absolute Gasteiger partial charge is 0.121 e. The molecule has 2 atom stereocenters. The van der Waals surface area contributed by atoms with Gasteiger partial charge in [-0.3, -0.25) is 4.21 Å². The SMILES string of the molecule is CNC(=S)[C@@]1(c2ccc(Cl)c(Cl)c2)CCCC[S@]1=O. The van der Waals surface area contributed by atoms with E-state index in [1.54, 1.807) is 19.2 Å². The van der Waals surface area contributed by atoms with E-state index >= 15 is 0 Å². The second kappa shape index (κ2) is 6.08. The van der Waals surface area contributed by atoms with E-state index in [2.05, 4.69) is 5.32 Å². The Morgan fingerprint density at radius 2 is 2.11 bits per heavy atom. The Morgan fingerprint density at radius 1 is 1.37 bits per heavy atom. The molecule has 1 aromatic rings. The van der Waals surface area contributed by atoms with E-state index in [-0.39, 0.29) is 0 Å². The van der Waals surface area contributed by atoms with E-state index in [0.717, 1.165) is 24.8 Å². The van der Waals surface area contributed by atoms with Crippen LogP contribution in [0, 0.1) is 0 Å². The van der Waals surface area contributed by atoms with Gasteiger partial charge in [0.05, 0.1) is 15.0 Å². The van der Waals surface area contributed by atoms with Crippen molar-refractivity contribution in [2.24, 2.45) is 0 Å². The van der Waals surface area contributed by atoms with Crippen LogP contribution in [-0.4, -0.2) is 22.0 Å². The number of thiocarbonyl (C=S) groups is 1. The lowest BCUT2D eigenvalue weighted by molar-refractivity contribution is 0.574. The normalized spacial score (nSPS) is 27.0. The van der Waals surface area contributed by atoms with Gasteiger partial charge in [-0.2, -0.15) is 0 Å². The fourth-order valence-corrected chi connectivity index (χ4v) is 5.15. The lowest BCUT2D eigenvalue weighted by Crippen LogP contribution is -2.47. The molecular formula is C13H15Cl2NOS2. The molecule has 2 nitrogen and oxygen atoms in total. The predicted molar refractivity (Wildman–Crippen MR) is 86.7 cm³/mol. The average Bonchev–Trinajstić information content (AvgIpc) is 2.42. The quantitative estimate of drug-likeness (QED) is 0.836. The average molecular weight is 336 g/mol. The van der Waals surface area contributed by atoms with Crippen molar-refractivity contribution in [1.29, 1.82) is 0 Å². The third-order valence-electron chi connectivity index (χ3n) is 3.48. The standard InChI is InChI=1S/C13H15Cl2NOS2/c1-16-12(18)13(6-2-3-7-19(13)17)9-4-5-10(14)11(15)8-9/h4-5,8H,2-3,6-7H2,1H3,(H,16,18)/t13-,19+/m0/s1. The van der Waals surface area contributed by atoms with Crippen molar-refractivity contribution in [2.75, 3.05) is 12.8 Å². The summed E-state index contributed by atoms with van der Waals surface area (Å²) in [4.78, 5) is 0.615. The van der Waals surface area contributed by atoms with E-state index in [4.69, 9.17) is 35.4 Å². The van der Waals surface area contributed by atoms with E-state index in [1.807, 2.05) is 6.07 Å². The third kappa shape index (κ3) is 2.68. The largest absolute Gasteiger partial charge is 0.381 e. The fraction of sp³-hybridized carbons (Fsp3) is 0.462. The molecule has 104 valence electrons. The molecule has 0 spiro atoms. The Balaban J connectivity index is 2.56. The van der Waals surface area contributed by atoms with Gasteiger partial charge in [0.15, 0.2) is 0 Å². The van der Waals surface area contributed by atoms with E-state index in [1.165, 1.54) is 0 Å². The Morgan fingerprint density at radius 3 is 2.68 bits per heavy atom. The number of hydrogen-bond acceptors (Lipinski definition) is 2. The molecule has 0 radical (unpaired) electrons. The van der Waals surface area contributed by atoms with Crippen molar-refractivity contribution in [3.05, 3.63) is 33.8 Å². The second-order valence-corrected chi connectivity index (χ2v) is 7.56. The summed E-state index contributed by atoms with van der Waals surface area (Å²) in [6, 6.07) is 5.41. The summed E-state index contributed by atoms with van der Waals surface area (Å²) in [5.41, 5.74) is 0.888. The Hall–Kier alpha value is -0.160. The lowest BCUT2D eigenvalue weighted by atomic mass is 9.91. The number of halogens is 2. The summed E-state index contributed by atoms with van der Waals surface area (Å²) < 4.78 is 12.0. The highest BCUT2D eigenvalue weighted by atomic mass is 35.5. The molecule has 6 heteroatoms. The van der Waals surface area contributed by atoms with Gasteiger partial charge in [-0.25, -0.2) is 0 Å². The maximum Gasteiger partial charge on any atom is 0.121 e. The first-order valence-corrected chi connectivity index (χ1v) is 8.57. The molecule has 1 saturated heterocycles. The van der Waals surface area contributed by atoms with Crippen molar-refractivity contribution in [3.63, 3.8) is 0 Å². The number of nitrogens with one attached hydrogen (secondary N) is 1. The molecule has 1 aliphatic rings. The van der Waals surface area contributed by atoms with Gasteiger partial charge >= 0.3 is 0 Å². The zero-order valence-corrected chi connectivity index (χ0v) is 13.7. The van der Waals surface area contributed by atoms with Crippen molar-refractivity contribution in [1.82, 2.24) is 5.32 Å². The number of likely N-dealkylation sites (N-methyl/N-ethyl adjacent to an activating group) is 1. The first kappa shape index (κ1) is 15.2. The van der Waals surface area contributed by atoms with E-state index < -0.39 is 15.5 Å². The van der Waals surface area contributed by atoms with Crippen LogP contribution in [0.4, 0.5) is 0 Å². The molecule has 0 saturated carbocycles. The molecule has 1 aliphatic heterocycles. The molecule has 2 rings (SSSR count). The minimum Gasteiger partial charge on any atom is -0.381 e. The van der Waals surface area contributed by atoms with Gasteiger partial charge in [-0.15, -0.1) is 0 Å². The van der Waals surface area contributed by atoms with Crippen LogP contribution in [-0.2, 0) is 15.5 Å². The zero-order valence-electron chi connectivity index (χ0n) is 10.5. The van der Waals surface area contributed by atoms with Gasteiger partial charge in [0.25, 0.3) is 0 Å². The molecule has 1 heterocycles. The van der Waals surface area contributed by atoms with Gasteiger partial charge in [0, 0.05) is 23.6 Å². The van der Waals surface area contributed by atoms with Gasteiger partial charge in [0.2, 0.25) is 0 Å². The minimum absolute atomic E-state index is 0.472. The van der Waals surface area contributed by atoms with Crippen LogP contribution in [0.5, 0.6) is 0 Å². The van der Waals surface area contributed by atoms with Crippen LogP contribution in [0.3, 0.4) is 0 Å². The van der Waals surface area contributed by atoms with Crippen molar-refractivity contribution in [3.8, 4) is 0 Å². The van der Waals surface area contributed by atoms with Crippen LogP contribution in [0.1, 0.15) is 24.8 Å². The van der Waals surface area contributed by atoms with Gasteiger partial charge in [-0.05, 0) is 30.5 Å². The minimum atomic E-state index is -1.04. The molecule has 0 aliphatic carbocycles. The van der Waals surface area contributed by atoms with E-state index in [0.29, 0.717) is 20.8 Å². The molecule has 0 bridgehead atoms. The van der Waals surface area contributed by atoms with Gasteiger partial charge in [-0.1, -0.05) is 47.9 Å². The first-order chi connectivity index (χ1) is 9.02. The van der Waals surface area contributed by atoms with Gasteiger partial charge in [0.1, 0.15) is 4.75 Å². The summed E-state index contributed by atoms with van der Waals surface area (Å²) in [6.07, 6.45) is 2.76. The highest BCUT2D eigenvalue weighted by Crippen LogP contribution is 2.40. The Labute approximate surface area is 131 Å². The molecule has 1 fully saturated rings. The number of benzene rings is 1. The molecule has 0 aromatic heterocycles.